The first-order chi connectivity index (χ1) is 11.7. The smallest absolute Gasteiger partial charge is 0.277 e. The average Bonchev–Trinajstić information content (AvgIpc) is 2.61. The van der Waals surface area contributed by atoms with Crippen LogP contribution in [0.1, 0.15) is 5.56 Å². The molecule has 0 aliphatic rings. The number of nitrogens with one attached hydrogen (secondary N) is 1. The Hall–Kier alpha value is -3.21. The van der Waals surface area contributed by atoms with Crippen LogP contribution in [0.15, 0.2) is 71.8 Å². The van der Waals surface area contributed by atoms with Crippen molar-refractivity contribution in [1.29, 1.82) is 0 Å². The van der Waals surface area contributed by atoms with Crippen LogP contribution in [0.25, 0.3) is 10.8 Å². The Morgan fingerprint density at radius 1 is 1.04 bits per heavy atom. The van der Waals surface area contributed by atoms with Gasteiger partial charge >= 0.3 is 0 Å². The van der Waals surface area contributed by atoms with Crippen LogP contribution < -0.4 is 10.2 Å². The van der Waals surface area contributed by atoms with E-state index in [2.05, 4.69) is 10.5 Å². The lowest BCUT2D eigenvalue weighted by molar-refractivity contribution is -0.123. The lowest BCUT2D eigenvalue weighted by atomic mass is 10.1. The fraction of sp³-hybridized carbons (Fsp3) is 0.0526. The van der Waals surface area contributed by atoms with Gasteiger partial charge in [-0.2, -0.15) is 5.10 Å². The van der Waals surface area contributed by atoms with Crippen LogP contribution in [0.4, 0.5) is 4.39 Å². The molecule has 0 unspecified atom stereocenters. The number of ether oxygens (including phenoxy) is 1. The lowest BCUT2D eigenvalue weighted by Crippen LogP contribution is -2.24. The third-order valence-corrected chi connectivity index (χ3v) is 3.40. The van der Waals surface area contributed by atoms with Crippen molar-refractivity contribution in [1.82, 2.24) is 5.43 Å². The molecule has 0 heterocycles. The number of amides is 1. The molecule has 0 aliphatic heterocycles. The highest BCUT2D eigenvalue weighted by molar-refractivity contribution is 5.99. The molecule has 3 rings (SSSR count). The fourth-order valence-electron chi connectivity index (χ4n) is 2.25. The van der Waals surface area contributed by atoms with Gasteiger partial charge in [0.05, 0.1) is 6.21 Å². The summed E-state index contributed by atoms with van der Waals surface area (Å²) >= 11 is 0. The topological polar surface area (TPSA) is 50.7 Å². The molecule has 3 aromatic carbocycles. The molecule has 1 amide bonds. The number of carbonyl (C=O) groups is 1. The van der Waals surface area contributed by atoms with Gasteiger partial charge in [-0.25, -0.2) is 9.82 Å². The normalized spacial score (nSPS) is 10.9. The Morgan fingerprint density at radius 2 is 1.79 bits per heavy atom. The van der Waals surface area contributed by atoms with Gasteiger partial charge in [0.2, 0.25) is 0 Å². The molecule has 0 saturated carbocycles. The summed E-state index contributed by atoms with van der Waals surface area (Å²) < 4.78 is 18.0. The van der Waals surface area contributed by atoms with Crippen LogP contribution in [0.5, 0.6) is 5.75 Å². The first-order valence-electron chi connectivity index (χ1n) is 7.40. The second-order valence-electron chi connectivity index (χ2n) is 5.10. The first-order valence-corrected chi connectivity index (χ1v) is 7.40. The van der Waals surface area contributed by atoms with Gasteiger partial charge in [-0.1, -0.05) is 42.5 Å². The zero-order valence-corrected chi connectivity index (χ0v) is 12.8. The number of rotatable bonds is 5. The predicted molar refractivity (Wildman–Crippen MR) is 91.6 cm³/mol. The maximum absolute atomic E-state index is 12.8. The summed E-state index contributed by atoms with van der Waals surface area (Å²) in [5.41, 5.74) is 3.32. The van der Waals surface area contributed by atoms with Gasteiger partial charge in [0.1, 0.15) is 11.6 Å². The van der Waals surface area contributed by atoms with Gasteiger partial charge in [0.15, 0.2) is 6.61 Å². The van der Waals surface area contributed by atoms with Crippen LogP contribution >= 0.6 is 0 Å². The van der Waals surface area contributed by atoms with Crippen molar-refractivity contribution in [2.75, 3.05) is 6.61 Å². The molecule has 0 radical (unpaired) electrons. The van der Waals surface area contributed by atoms with Crippen LogP contribution in [0, 0.1) is 5.82 Å². The second kappa shape index (κ2) is 7.37. The Balaban J connectivity index is 1.57. The van der Waals surface area contributed by atoms with E-state index in [9.17, 15) is 9.18 Å². The summed E-state index contributed by atoms with van der Waals surface area (Å²) in [6.45, 7) is -0.196. The number of fused-ring (bicyclic) bond motifs is 1. The highest BCUT2D eigenvalue weighted by Gasteiger charge is 2.02. The summed E-state index contributed by atoms with van der Waals surface area (Å²) in [7, 11) is 0. The summed E-state index contributed by atoms with van der Waals surface area (Å²) in [5.74, 6) is -0.327. The van der Waals surface area contributed by atoms with Crippen molar-refractivity contribution >= 4 is 22.9 Å². The number of carbonyl (C=O) groups excluding carboxylic acids is 1. The maximum atomic E-state index is 12.8. The summed E-state index contributed by atoms with van der Waals surface area (Å²) in [6, 6.07) is 19.3. The van der Waals surface area contributed by atoms with Gasteiger partial charge in [0, 0.05) is 5.56 Å². The summed E-state index contributed by atoms with van der Waals surface area (Å²) in [6.07, 6.45) is 1.60. The SMILES string of the molecule is O=C(COc1ccc(F)cc1)N/N=C/c1cccc2ccccc12. The van der Waals surface area contributed by atoms with E-state index < -0.39 is 5.91 Å². The number of hydrogen-bond donors (Lipinski definition) is 1. The van der Waals surface area contributed by atoms with Crippen LogP contribution in [-0.4, -0.2) is 18.7 Å². The minimum absolute atomic E-state index is 0.196. The molecule has 120 valence electrons. The molecule has 0 aromatic heterocycles. The Kier molecular flexibility index (Phi) is 4.81. The molecule has 24 heavy (non-hydrogen) atoms. The van der Waals surface area contributed by atoms with Gasteiger partial charge in [-0.15, -0.1) is 0 Å². The second-order valence-corrected chi connectivity index (χ2v) is 5.10. The molecule has 0 atom stereocenters. The Morgan fingerprint density at radius 3 is 2.62 bits per heavy atom. The predicted octanol–water partition coefficient (Wildman–Crippen LogP) is 3.51. The number of hydrazone groups is 1. The van der Waals surface area contributed by atoms with Crippen molar-refractivity contribution in [3.63, 3.8) is 0 Å². The minimum Gasteiger partial charge on any atom is -0.484 e. The molecule has 1 N–H and O–H groups in total. The molecular formula is C19H15FN2O2. The monoisotopic (exact) mass is 322 g/mol. The molecule has 0 saturated heterocycles. The molecular weight excluding hydrogens is 307 g/mol. The first kappa shape index (κ1) is 15.7. The number of halogens is 1. The highest BCUT2D eigenvalue weighted by Crippen LogP contribution is 2.16. The molecule has 5 heteroatoms. The van der Waals surface area contributed by atoms with Crippen molar-refractivity contribution in [2.24, 2.45) is 5.10 Å². The molecule has 3 aromatic rings. The minimum atomic E-state index is -0.393. The third kappa shape index (κ3) is 3.95. The van der Waals surface area contributed by atoms with Crippen molar-refractivity contribution < 1.29 is 13.9 Å². The standard InChI is InChI=1S/C19H15FN2O2/c20-16-8-10-17(11-9-16)24-13-19(23)22-21-12-15-6-3-5-14-4-1-2-7-18(14)15/h1-12H,13H2,(H,22,23)/b21-12+. The van der Waals surface area contributed by atoms with Crippen molar-refractivity contribution in [3.8, 4) is 5.75 Å². The quantitative estimate of drug-likeness (QED) is 0.577. The van der Waals surface area contributed by atoms with E-state index in [-0.39, 0.29) is 12.4 Å². The summed E-state index contributed by atoms with van der Waals surface area (Å²) in [4.78, 5) is 11.7. The van der Waals surface area contributed by atoms with E-state index in [0.29, 0.717) is 5.75 Å². The molecule has 0 bridgehead atoms. The average molecular weight is 322 g/mol. The molecule has 0 fully saturated rings. The van der Waals surface area contributed by atoms with E-state index in [1.165, 1.54) is 24.3 Å². The number of nitrogens with zero attached hydrogens (tertiary/aromatic N) is 1. The fourth-order valence-corrected chi connectivity index (χ4v) is 2.25. The van der Waals surface area contributed by atoms with Gasteiger partial charge in [0.25, 0.3) is 5.91 Å². The van der Waals surface area contributed by atoms with Crippen molar-refractivity contribution in [3.05, 3.63) is 78.1 Å². The van der Waals surface area contributed by atoms with E-state index in [4.69, 9.17) is 4.74 Å². The van der Waals surface area contributed by atoms with E-state index in [1.807, 2.05) is 42.5 Å². The van der Waals surface area contributed by atoms with Gasteiger partial charge in [-0.3, -0.25) is 4.79 Å². The third-order valence-electron chi connectivity index (χ3n) is 3.40. The summed E-state index contributed by atoms with van der Waals surface area (Å²) in [5, 5.41) is 6.11. The van der Waals surface area contributed by atoms with Crippen LogP contribution in [0.3, 0.4) is 0 Å². The number of hydrogen-bond acceptors (Lipinski definition) is 3. The Bertz CT molecular complexity index is 871. The maximum Gasteiger partial charge on any atom is 0.277 e. The van der Waals surface area contributed by atoms with Crippen LogP contribution in [-0.2, 0) is 4.79 Å². The lowest BCUT2D eigenvalue weighted by Gasteiger charge is -2.05. The molecule has 0 aliphatic carbocycles. The van der Waals surface area contributed by atoms with Crippen LogP contribution in [0.2, 0.25) is 0 Å². The zero-order valence-electron chi connectivity index (χ0n) is 12.8. The molecule has 0 spiro atoms. The Labute approximate surface area is 138 Å². The van der Waals surface area contributed by atoms with Gasteiger partial charge < -0.3 is 4.74 Å². The number of benzene rings is 3. The van der Waals surface area contributed by atoms with E-state index in [1.54, 1.807) is 6.21 Å². The van der Waals surface area contributed by atoms with E-state index >= 15 is 0 Å². The largest absolute Gasteiger partial charge is 0.484 e. The molecule has 4 nitrogen and oxygen atoms in total. The zero-order chi connectivity index (χ0) is 16.8. The highest BCUT2D eigenvalue weighted by atomic mass is 19.1. The van der Waals surface area contributed by atoms with E-state index in [0.717, 1.165) is 16.3 Å². The van der Waals surface area contributed by atoms with Crippen molar-refractivity contribution in [2.45, 2.75) is 0 Å². The van der Waals surface area contributed by atoms with Gasteiger partial charge in [-0.05, 0) is 35.0 Å².